The van der Waals surface area contributed by atoms with Gasteiger partial charge in [-0.25, -0.2) is 9.97 Å². The van der Waals surface area contributed by atoms with E-state index in [9.17, 15) is 10.1 Å². The van der Waals surface area contributed by atoms with Crippen LogP contribution in [0.3, 0.4) is 0 Å². The van der Waals surface area contributed by atoms with E-state index in [-0.39, 0.29) is 17.4 Å². The molecule has 0 amide bonds. The molecule has 8 heteroatoms. The molecule has 0 N–H and O–H groups in total. The summed E-state index contributed by atoms with van der Waals surface area (Å²) in [5.74, 6) is 0.538. The summed E-state index contributed by atoms with van der Waals surface area (Å²) < 4.78 is 11.1. The number of hydrogen-bond donors (Lipinski definition) is 0. The summed E-state index contributed by atoms with van der Waals surface area (Å²) >= 11 is 3.20. The highest BCUT2D eigenvalue weighted by Gasteiger charge is 2.14. The lowest BCUT2D eigenvalue weighted by molar-refractivity contribution is -0.384. The molecule has 0 aliphatic rings. The number of non-ortho nitro benzene ring substituents is 1. The van der Waals surface area contributed by atoms with E-state index in [0.717, 1.165) is 0 Å². The van der Waals surface area contributed by atoms with Crippen LogP contribution >= 0.6 is 15.9 Å². The third kappa shape index (κ3) is 3.16. The molecule has 1 aromatic heterocycles. The maximum Gasteiger partial charge on any atom is 0.322 e. The monoisotopic (exact) mass is 325 g/mol. The molecule has 0 atom stereocenters. The van der Waals surface area contributed by atoms with E-state index in [4.69, 9.17) is 9.47 Å². The number of nitro benzene ring substituents is 1. The van der Waals surface area contributed by atoms with Crippen LogP contribution in [0.5, 0.6) is 17.5 Å². The third-order valence-electron chi connectivity index (χ3n) is 2.16. The first-order valence-electron chi connectivity index (χ1n) is 5.08. The summed E-state index contributed by atoms with van der Waals surface area (Å²) in [4.78, 5) is 18.0. The zero-order chi connectivity index (χ0) is 13.8. The molecule has 0 radical (unpaired) electrons. The van der Waals surface area contributed by atoms with Gasteiger partial charge in [-0.2, -0.15) is 0 Å². The quantitative estimate of drug-likeness (QED) is 0.634. The predicted molar refractivity (Wildman–Crippen MR) is 69.5 cm³/mol. The molecule has 0 bridgehead atoms. The van der Waals surface area contributed by atoms with E-state index >= 15 is 0 Å². The van der Waals surface area contributed by atoms with Crippen LogP contribution in [0.15, 0.2) is 35.1 Å². The van der Waals surface area contributed by atoms with Crippen molar-refractivity contribution in [3.63, 3.8) is 0 Å². The van der Waals surface area contributed by atoms with E-state index in [1.54, 1.807) is 0 Å². The minimum Gasteiger partial charge on any atom is -0.493 e. The van der Waals surface area contributed by atoms with Crippen molar-refractivity contribution < 1.29 is 14.4 Å². The molecule has 1 aromatic carbocycles. The van der Waals surface area contributed by atoms with Crippen molar-refractivity contribution in [3.8, 4) is 17.5 Å². The van der Waals surface area contributed by atoms with Crippen LogP contribution < -0.4 is 9.47 Å². The standard InChI is InChI=1S/C11H8BrN3O4/c1-18-9-3-2-8(15(16)17)4-10(9)19-11-13-5-7(12)6-14-11/h2-6H,1H3. The average Bonchev–Trinajstić information content (AvgIpc) is 2.41. The Labute approximate surface area is 116 Å². The van der Waals surface area contributed by atoms with Crippen LogP contribution in [0.25, 0.3) is 0 Å². The van der Waals surface area contributed by atoms with Gasteiger partial charge in [0.1, 0.15) is 0 Å². The number of rotatable bonds is 4. The molecule has 1 heterocycles. The van der Waals surface area contributed by atoms with Crippen molar-refractivity contribution in [3.05, 3.63) is 45.2 Å². The second-order valence-corrected chi connectivity index (χ2v) is 4.29. The number of methoxy groups -OCH3 is 1. The zero-order valence-electron chi connectivity index (χ0n) is 9.74. The summed E-state index contributed by atoms with van der Waals surface area (Å²) in [7, 11) is 1.44. The van der Waals surface area contributed by atoms with Crippen LogP contribution in [-0.4, -0.2) is 22.0 Å². The van der Waals surface area contributed by atoms with Crippen molar-refractivity contribution in [2.24, 2.45) is 0 Å². The molecule has 2 aromatic rings. The molecule has 0 aliphatic carbocycles. The Balaban J connectivity index is 2.34. The summed E-state index contributed by atoms with van der Waals surface area (Å²) in [5, 5.41) is 10.7. The van der Waals surface area contributed by atoms with Gasteiger partial charge in [-0.05, 0) is 22.0 Å². The molecule has 0 fully saturated rings. The number of aromatic nitrogens is 2. The molecule has 7 nitrogen and oxygen atoms in total. The second kappa shape index (κ2) is 5.61. The SMILES string of the molecule is COc1ccc([N+](=O)[O-])cc1Oc1ncc(Br)cn1. The van der Waals surface area contributed by atoms with E-state index in [1.165, 1.54) is 37.7 Å². The minimum atomic E-state index is -0.519. The summed E-state index contributed by atoms with van der Waals surface area (Å²) in [5.41, 5.74) is -0.104. The van der Waals surface area contributed by atoms with Crippen molar-refractivity contribution in [1.82, 2.24) is 9.97 Å². The highest BCUT2D eigenvalue weighted by Crippen LogP contribution is 2.33. The Morgan fingerprint density at radius 3 is 2.53 bits per heavy atom. The van der Waals surface area contributed by atoms with Gasteiger partial charge in [0.25, 0.3) is 5.69 Å². The fourth-order valence-electron chi connectivity index (χ4n) is 1.31. The van der Waals surface area contributed by atoms with Gasteiger partial charge in [-0.1, -0.05) is 0 Å². The van der Waals surface area contributed by atoms with E-state index in [0.29, 0.717) is 10.2 Å². The Bertz CT molecular complexity index is 603. The molecule has 2 rings (SSSR count). The van der Waals surface area contributed by atoms with Crippen molar-refractivity contribution in [2.45, 2.75) is 0 Å². The second-order valence-electron chi connectivity index (χ2n) is 3.38. The number of ether oxygens (including phenoxy) is 2. The number of nitrogens with zero attached hydrogens (tertiary/aromatic N) is 3. The Morgan fingerprint density at radius 1 is 1.26 bits per heavy atom. The van der Waals surface area contributed by atoms with Crippen LogP contribution in [0.1, 0.15) is 0 Å². The topological polar surface area (TPSA) is 87.4 Å². The number of benzene rings is 1. The third-order valence-corrected chi connectivity index (χ3v) is 2.57. The first-order chi connectivity index (χ1) is 9.10. The zero-order valence-corrected chi connectivity index (χ0v) is 11.3. The smallest absolute Gasteiger partial charge is 0.322 e. The molecule has 98 valence electrons. The fourth-order valence-corrected chi connectivity index (χ4v) is 1.51. The lowest BCUT2D eigenvalue weighted by Gasteiger charge is -2.08. The fraction of sp³-hybridized carbons (Fsp3) is 0.0909. The first kappa shape index (κ1) is 13.2. The van der Waals surface area contributed by atoms with Gasteiger partial charge in [-0.15, -0.1) is 0 Å². The maximum atomic E-state index is 10.7. The molecule has 0 saturated heterocycles. The largest absolute Gasteiger partial charge is 0.493 e. The van der Waals surface area contributed by atoms with Crippen molar-refractivity contribution >= 4 is 21.6 Å². The van der Waals surface area contributed by atoms with Crippen molar-refractivity contribution in [2.75, 3.05) is 7.11 Å². The molecule has 19 heavy (non-hydrogen) atoms. The molecule has 0 saturated carbocycles. The summed E-state index contributed by atoms with van der Waals surface area (Å²) in [6.45, 7) is 0. The Morgan fingerprint density at radius 2 is 1.95 bits per heavy atom. The first-order valence-corrected chi connectivity index (χ1v) is 5.87. The lowest BCUT2D eigenvalue weighted by atomic mass is 10.3. The van der Waals surface area contributed by atoms with Crippen LogP contribution in [0.4, 0.5) is 5.69 Å². The van der Waals surface area contributed by atoms with E-state index < -0.39 is 4.92 Å². The predicted octanol–water partition coefficient (Wildman–Crippen LogP) is 2.95. The van der Waals surface area contributed by atoms with Crippen LogP contribution in [-0.2, 0) is 0 Å². The number of halogens is 1. The molecule has 0 unspecified atom stereocenters. The Kier molecular flexibility index (Phi) is 3.91. The van der Waals surface area contributed by atoms with Gasteiger partial charge in [0.05, 0.1) is 22.6 Å². The Hall–Kier alpha value is -2.22. The lowest BCUT2D eigenvalue weighted by Crippen LogP contribution is -1.96. The highest BCUT2D eigenvalue weighted by atomic mass is 79.9. The van der Waals surface area contributed by atoms with E-state index in [2.05, 4.69) is 25.9 Å². The van der Waals surface area contributed by atoms with Gasteiger partial charge >= 0.3 is 6.01 Å². The molecular formula is C11H8BrN3O4. The van der Waals surface area contributed by atoms with Gasteiger partial charge in [-0.3, -0.25) is 10.1 Å². The normalized spacial score (nSPS) is 10.0. The van der Waals surface area contributed by atoms with Crippen LogP contribution in [0.2, 0.25) is 0 Å². The molecule has 0 aliphatic heterocycles. The molecule has 0 spiro atoms. The van der Waals surface area contributed by atoms with Gasteiger partial charge < -0.3 is 9.47 Å². The van der Waals surface area contributed by atoms with Crippen molar-refractivity contribution in [1.29, 1.82) is 0 Å². The number of hydrogen-bond acceptors (Lipinski definition) is 6. The van der Waals surface area contributed by atoms with Gasteiger partial charge in [0.2, 0.25) is 0 Å². The summed E-state index contributed by atoms with van der Waals surface area (Å²) in [6, 6.07) is 4.10. The number of nitro groups is 1. The molecular weight excluding hydrogens is 318 g/mol. The summed E-state index contributed by atoms with van der Waals surface area (Å²) in [6.07, 6.45) is 3.01. The van der Waals surface area contributed by atoms with Gasteiger partial charge in [0.15, 0.2) is 11.5 Å². The van der Waals surface area contributed by atoms with Gasteiger partial charge in [0, 0.05) is 18.5 Å². The highest BCUT2D eigenvalue weighted by molar-refractivity contribution is 9.10. The minimum absolute atomic E-state index is 0.0713. The van der Waals surface area contributed by atoms with E-state index in [1.807, 2.05) is 0 Å². The maximum absolute atomic E-state index is 10.7. The van der Waals surface area contributed by atoms with Crippen LogP contribution in [0, 0.1) is 10.1 Å². The average molecular weight is 326 g/mol.